The minimum atomic E-state index is 0.564. The van der Waals surface area contributed by atoms with E-state index in [1.807, 2.05) is 13.1 Å². The van der Waals surface area contributed by atoms with E-state index in [9.17, 15) is 0 Å². The maximum absolute atomic E-state index is 5.26. The van der Waals surface area contributed by atoms with Crippen molar-refractivity contribution < 1.29 is 4.74 Å². The van der Waals surface area contributed by atoms with Gasteiger partial charge in [-0.15, -0.1) is 0 Å². The number of rotatable bonds is 6. The Balaban J connectivity index is 2.66. The molecule has 0 aromatic heterocycles. The van der Waals surface area contributed by atoms with Gasteiger partial charge >= 0.3 is 0 Å². The summed E-state index contributed by atoms with van der Waals surface area (Å²) in [5, 5.41) is 3.28. The largest absolute Gasteiger partial charge is 0.497 e. The fourth-order valence-electron chi connectivity index (χ4n) is 2.01. The van der Waals surface area contributed by atoms with E-state index >= 15 is 0 Å². The van der Waals surface area contributed by atoms with Crippen LogP contribution in [-0.2, 0) is 6.42 Å². The average molecular weight is 300 g/mol. The highest BCUT2D eigenvalue weighted by Gasteiger charge is 2.10. The Labute approximate surface area is 113 Å². The standard InChI is InChI=1S/C14H22BrNO/c1-10(7-11(2)16-3)8-12-9-13(17-4)5-6-14(12)15/h5-6,9-11,16H,7-8H2,1-4H3. The summed E-state index contributed by atoms with van der Waals surface area (Å²) in [5.41, 5.74) is 1.32. The van der Waals surface area contributed by atoms with Gasteiger partial charge in [0.2, 0.25) is 0 Å². The molecule has 0 spiro atoms. The summed E-state index contributed by atoms with van der Waals surface area (Å²) in [6, 6.07) is 6.72. The van der Waals surface area contributed by atoms with Gasteiger partial charge in [0.1, 0.15) is 5.75 Å². The molecule has 1 aromatic carbocycles. The molecule has 0 amide bonds. The summed E-state index contributed by atoms with van der Waals surface area (Å²) >= 11 is 3.60. The van der Waals surface area contributed by atoms with Crippen molar-refractivity contribution in [1.29, 1.82) is 0 Å². The molecule has 0 fully saturated rings. The number of halogens is 1. The fourth-order valence-corrected chi connectivity index (χ4v) is 2.42. The van der Waals surface area contributed by atoms with Crippen molar-refractivity contribution in [2.75, 3.05) is 14.2 Å². The first-order valence-electron chi connectivity index (χ1n) is 6.06. The summed E-state index contributed by atoms with van der Waals surface area (Å²) in [6.07, 6.45) is 2.25. The average Bonchev–Trinajstić information content (AvgIpc) is 2.31. The molecular formula is C14H22BrNO. The second-order valence-electron chi connectivity index (χ2n) is 4.69. The summed E-state index contributed by atoms with van der Waals surface area (Å²) < 4.78 is 6.43. The normalized spacial score (nSPS) is 14.4. The summed E-state index contributed by atoms with van der Waals surface area (Å²) in [6.45, 7) is 4.51. The zero-order chi connectivity index (χ0) is 12.8. The van der Waals surface area contributed by atoms with Crippen LogP contribution in [0, 0.1) is 5.92 Å². The van der Waals surface area contributed by atoms with Crippen LogP contribution in [0.25, 0.3) is 0 Å². The summed E-state index contributed by atoms with van der Waals surface area (Å²) in [7, 11) is 3.72. The first-order valence-corrected chi connectivity index (χ1v) is 6.85. The highest BCUT2D eigenvalue weighted by atomic mass is 79.9. The van der Waals surface area contributed by atoms with Gasteiger partial charge in [-0.3, -0.25) is 0 Å². The predicted molar refractivity (Wildman–Crippen MR) is 76.7 cm³/mol. The maximum atomic E-state index is 5.26. The summed E-state index contributed by atoms with van der Waals surface area (Å²) in [5.74, 6) is 1.58. The lowest BCUT2D eigenvalue weighted by Crippen LogP contribution is -2.24. The van der Waals surface area contributed by atoms with Crippen LogP contribution in [0.4, 0.5) is 0 Å². The molecule has 1 N–H and O–H groups in total. The Morgan fingerprint density at radius 1 is 1.35 bits per heavy atom. The first kappa shape index (κ1) is 14.5. The van der Waals surface area contributed by atoms with Crippen LogP contribution in [-0.4, -0.2) is 20.2 Å². The van der Waals surface area contributed by atoms with Gasteiger partial charge in [-0.1, -0.05) is 22.9 Å². The van der Waals surface area contributed by atoms with Crippen molar-refractivity contribution in [3.8, 4) is 5.75 Å². The molecule has 0 heterocycles. The van der Waals surface area contributed by atoms with Crippen LogP contribution >= 0.6 is 15.9 Å². The highest BCUT2D eigenvalue weighted by Crippen LogP contribution is 2.26. The van der Waals surface area contributed by atoms with Crippen LogP contribution in [0.1, 0.15) is 25.8 Å². The molecular weight excluding hydrogens is 278 g/mol. The van der Waals surface area contributed by atoms with Crippen molar-refractivity contribution in [1.82, 2.24) is 5.32 Å². The van der Waals surface area contributed by atoms with Crippen LogP contribution in [0.2, 0.25) is 0 Å². The molecule has 0 aliphatic rings. The molecule has 1 rings (SSSR count). The van der Waals surface area contributed by atoms with E-state index in [0.717, 1.165) is 12.2 Å². The highest BCUT2D eigenvalue weighted by molar-refractivity contribution is 9.10. The monoisotopic (exact) mass is 299 g/mol. The van der Waals surface area contributed by atoms with Gasteiger partial charge in [0.25, 0.3) is 0 Å². The number of methoxy groups -OCH3 is 1. The number of ether oxygens (including phenoxy) is 1. The van der Waals surface area contributed by atoms with E-state index in [1.165, 1.54) is 16.5 Å². The Morgan fingerprint density at radius 2 is 2.06 bits per heavy atom. The molecule has 0 radical (unpaired) electrons. The first-order chi connectivity index (χ1) is 8.06. The molecule has 96 valence electrons. The lowest BCUT2D eigenvalue weighted by atomic mass is 9.95. The molecule has 2 atom stereocenters. The van der Waals surface area contributed by atoms with Gasteiger partial charge in [-0.05, 0) is 56.5 Å². The number of hydrogen-bond acceptors (Lipinski definition) is 2. The zero-order valence-electron chi connectivity index (χ0n) is 11.1. The molecule has 1 aromatic rings. The van der Waals surface area contributed by atoms with Crippen LogP contribution in [0.5, 0.6) is 5.75 Å². The van der Waals surface area contributed by atoms with E-state index in [0.29, 0.717) is 12.0 Å². The van der Waals surface area contributed by atoms with Crippen molar-refractivity contribution in [3.05, 3.63) is 28.2 Å². The van der Waals surface area contributed by atoms with Crippen LogP contribution in [0.3, 0.4) is 0 Å². The topological polar surface area (TPSA) is 21.3 Å². The van der Waals surface area contributed by atoms with E-state index < -0.39 is 0 Å². The molecule has 2 nitrogen and oxygen atoms in total. The predicted octanol–water partition coefficient (Wildman–Crippen LogP) is 3.63. The van der Waals surface area contributed by atoms with Gasteiger partial charge in [0, 0.05) is 10.5 Å². The van der Waals surface area contributed by atoms with Crippen molar-refractivity contribution in [2.24, 2.45) is 5.92 Å². The second kappa shape index (κ2) is 7.02. The molecule has 2 unspecified atom stereocenters. The zero-order valence-corrected chi connectivity index (χ0v) is 12.7. The fraction of sp³-hybridized carbons (Fsp3) is 0.571. The van der Waals surface area contributed by atoms with E-state index in [-0.39, 0.29) is 0 Å². The van der Waals surface area contributed by atoms with Gasteiger partial charge in [-0.25, -0.2) is 0 Å². The molecule has 0 saturated carbocycles. The lowest BCUT2D eigenvalue weighted by Gasteiger charge is -2.17. The minimum absolute atomic E-state index is 0.564. The third-order valence-corrected chi connectivity index (χ3v) is 3.84. The third kappa shape index (κ3) is 4.68. The smallest absolute Gasteiger partial charge is 0.119 e. The number of nitrogens with one attached hydrogen (secondary N) is 1. The van der Waals surface area contributed by atoms with E-state index in [4.69, 9.17) is 4.74 Å². The third-order valence-electron chi connectivity index (χ3n) is 3.07. The minimum Gasteiger partial charge on any atom is -0.497 e. The van der Waals surface area contributed by atoms with Crippen molar-refractivity contribution in [3.63, 3.8) is 0 Å². The number of benzene rings is 1. The van der Waals surface area contributed by atoms with Gasteiger partial charge in [-0.2, -0.15) is 0 Å². The summed E-state index contributed by atoms with van der Waals surface area (Å²) in [4.78, 5) is 0. The van der Waals surface area contributed by atoms with Crippen molar-refractivity contribution >= 4 is 15.9 Å². The lowest BCUT2D eigenvalue weighted by molar-refractivity contribution is 0.412. The Bertz CT molecular complexity index is 354. The van der Waals surface area contributed by atoms with Gasteiger partial charge in [0.15, 0.2) is 0 Å². The number of hydrogen-bond donors (Lipinski definition) is 1. The second-order valence-corrected chi connectivity index (χ2v) is 5.55. The molecule has 0 aliphatic heterocycles. The van der Waals surface area contributed by atoms with Crippen LogP contribution < -0.4 is 10.1 Å². The molecule has 0 aliphatic carbocycles. The van der Waals surface area contributed by atoms with Gasteiger partial charge in [0.05, 0.1) is 7.11 Å². The van der Waals surface area contributed by atoms with Crippen molar-refractivity contribution in [2.45, 2.75) is 32.7 Å². The Morgan fingerprint density at radius 3 is 2.65 bits per heavy atom. The maximum Gasteiger partial charge on any atom is 0.119 e. The van der Waals surface area contributed by atoms with Gasteiger partial charge < -0.3 is 10.1 Å². The Hall–Kier alpha value is -0.540. The SMILES string of the molecule is CNC(C)CC(C)Cc1cc(OC)ccc1Br. The quantitative estimate of drug-likeness (QED) is 0.866. The van der Waals surface area contributed by atoms with E-state index in [1.54, 1.807) is 7.11 Å². The molecule has 0 bridgehead atoms. The molecule has 0 saturated heterocycles. The van der Waals surface area contributed by atoms with E-state index in [2.05, 4.69) is 47.2 Å². The van der Waals surface area contributed by atoms with Crippen LogP contribution in [0.15, 0.2) is 22.7 Å². The Kier molecular flexibility index (Phi) is 6.00. The molecule has 3 heteroatoms. The molecule has 17 heavy (non-hydrogen) atoms.